The molecule has 1 aliphatic rings. The van der Waals surface area contributed by atoms with E-state index in [1.54, 1.807) is 11.4 Å². The van der Waals surface area contributed by atoms with E-state index < -0.39 is 32.9 Å². The number of amidine groups is 1. The molecule has 152 valence electrons. The van der Waals surface area contributed by atoms with E-state index in [0.29, 0.717) is 5.69 Å². The van der Waals surface area contributed by atoms with E-state index in [9.17, 15) is 22.4 Å². The number of thiophene rings is 1. The Labute approximate surface area is 175 Å². The number of halogens is 1. The van der Waals surface area contributed by atoms with Crippen molar-refractivity contribution in [3.8, 4) is 0 Å². The van der Waals surface area contributed by atoms with Gasteiger partial charge in [-0.3, -0.25) is 14.5 Å². The number of anilines is 1. The van der Waals surface area contributed by atoms with Crippen LogP contribution in [0.4, 0.5) is 10.1 Å². The second kappa shape index (κ2) is 8.89. The molecule has 1 N–H and O–H groups in total. The van der Waals surface area contributed by atoms with E-state index in [4.69, 9.17) is 0 Å². The minimum atomic E-state index is -3.96. The first-order valence-corrected chi connectivity index (χ1v) is 11.5. The highest BCUT2D eigenvalue weighted by Gasteiger charge is 2.39. The molecule has 2 amide bonds. The van der Waals surface area contributed by atoms with Crippen LogP contribution in [0, 0.1) is 5.82 Å². The smallest absolute Gasteiger partial charge is 0.294 e. The van der Waals surface area contributed by atoms with Gasteiger partial charge in [-0.2, -0.15) is 8.42 Å². The van der Waals surface area contributed by atoms with Crippen molar-refractivity contribution < 1.29 is 22.4 Å². The van der Waals surface area contributed by atoms with Crippen molar-refractivity contribution >= 4 is 55.8 Å². The Balaban J connectivity index is 1.76. The van der Waals surface area contributed by atoms with E-state index in [2.05, 4.69) is 16.3 Å². The van der Waals surface area contributed by atoms with Crippen molar-refractivity contribution in [2.75, 3.05) is 11.9 Å². The largest absolute Gasteiger partial charge is 0.326 e. The molecule has 0 saturated carbocycles. The van der Waals surface area contributed by atoms with Gasteiger partial charge in [-0.25, -0.2) is 4.39 Å². The highest BCUT2D eigenvalue weighted by atomic mass is 32.2. The Morgan fingerprint density at radius 3 is 2.66 bits per heavy atom. The molecule has 0 aliphatic carbocycles. The minimum absolute atomic E-state index is 0.00267. The summed E-state index contributed by atoms with van der Waals surface area (Å²) in [5, 5.41) is 3.37. The van der Waals surface area contributed by atoms with Crippen LogP contribution in [0.25, 0.3) is 0 Å². The quantitative estimate of drug-likeness (QED) is 0.650. The lowest BCUT2D eigenvalue weighted by Crippen LogP contribution is -2.33. The van der Waals surface area contributed by atoms with Gasteiger partial charge in [0.1, 0.15) is 15.3 Å². The molecule has 0 bridgehead atoms. The van der Waals surface area contributed by atoms with Crippen LogP contribution in [-0.2, 0) is 19.6 Å². The lowest BCUT2D eigenvalue weighted by molar-refractivity contribution is -0.127. The van der Waals surface area contributed by atoms with Crippen molar-refractivity contribution in [1.29, 1.82) is 0 Å². The third kappa shape index (κ3) is 5.11. The first-order chi connectivity index (χ1) is 13.8. The fourth-order valence-corrected chi connectivity index (χ4v) is 5.81. The van der Waals surface area contributed by atoms with Gasteiger partial charge in [0.2, 0.25) is 11.8 Å². The van der Waals surface area contributed by atoms with Crippen molar-refractivity contribution in [1.82, 2.24) is 4.90 Å². The number of sulfonamides is 1. The SMILES string of the molecule is C=CCN1C(=O)[C@H](CC(=O)Nc2ccc(F)cc2)SC1=NS(=O)(=O)c1cccs1. The number of hydrogen-bond donors (Lipinski definition) is 1. The molecule has 1 aliphatic heterocycles. The summed E-state index contributed by atoms with van der Waals surface area (Å²) >= 11 is 1.94. The molecule has 3 rings (SSSR count). The molecule has 11 heteroatoms. The number of nitrogens with zero attached hydrogens (tertiary/aromatic N) is 2. The Morgan fingerprint density at radius 2 is 2.03 bits per heavy atom. The molecule has 1 aromatic carbocycles. The Hall–Kier alpha value is -2.50. The van der Waals surface area contributed by atoms with Gasteiger partial charge in [-0.1, -0.05) is 23.9 Å². The summed E-state index contributed by atoms with van der Waals surface area (Å²) in [5.41, 5.74) is 0.393. The fourth-order valence-electron chi connectivity index (χ4n) is 2.48. The number of hydrogen-bond acceptors (Lipinski definition) is 6. The van der Waals surface area contributed by atoms with Crippen LogP contribution in [0.2, 0.25) is 0 Å². The van der Waals surface area contributed by atoms with Gasteiger partial charge in [0, 0.05) is 18.7 Å². The highest BCUT2D eigenvalue weighted by molar-refractivity contribution is 8.16. The summed E-state index contributed by atoms with van der Waals surface area (Å²) in [6.07, 6.45) is 1.26. The molecular weight excluding hydrogens is 437 g/mol. The van der Waals surface area contributed by atoms with Gasteiger partial charge in [-0.05, 0) is 35.7 Å². The number of amides is 2. The zero-order valence-corrected chi connectivity index (χ0v) is 17.4. The zero-order chi connectivity index (χ0) is 21.0. The summed E-state index contributed by atoms with van der Waals surface area (Å²) in [6.45, 7) is 3.64. The van der Waals surface area contributed by atoms with E-state index in [1.165, 1.54) is 41.3 Å². The van der Waals surface area contributed by atoms with Gasteiger partial charge in [-0.15, -0.1) is 22.3 Å². The fraction of sp³-hybridized carbons (Fsp3) is 0.167. The second-order valence-corrected chi connectivity index (χ2v) is 9.83. The first kappa shape index (κ1) is 21.2. The maximum Gasteiger partial charge on any atom is 0.294 e. The van der Waals surface area contributed by atoms with Gasteiger partial charge in [0.15, 0.2) is 5.17 Å². The number of thioether (sulfide) groups is 1. The van der Waals surface area contributed by atoms with Gasteiger partial charge in [0.25, 0.3) is 10.0 Å². The zero-order valence-electron chi connectivity index (χ0n) is 14.9. The molecule has 0 unspecified atom stereocenters. The second-order valence-electron chi connectivity index (χ2n) is 5.88. The molecule has 29 heavy (non-hydrogen) atoms. The average molecular weight is 454 g/mol. The van der Waals surface area contributed by atoms with Crippen LogP contribution >= 0.6 is 23.1 Å². The maximum absolute atomic E-state index is 13.0. The summed E-state index contributed by atoms with van der Waals surface area (Å²) in [4.78, 5) is 26.1. The molecule has 0 radical (unpaired) electrons. The molecule has 2 aromatic rings. The Bertz CT molecular complexity index is 1050. The standard InChI is InChI=1S/C18H16FN3O4S3/c1-2-9-22-17(24)14(11-15(23)20-13-7-5-12(19)6-8-13)28-18(22)21-29(25,26)16-4-3-10-27-16/h2-8,10,14H,1,9,11H2,(H,20,23)/t14-/m0/s1. The van der Waals surface area contributed by atoms with E-state index in [1.807, 2.05) is 0 Å². The monoisotopic (exact) mass is 453 g/mol. The van der Waals surface area contributed by atoms with Crippen LogP contribution in [-0.4, -0.2) is 42.1 Å². The van der Waals surface area contributed by atoms with Crippen LogP contribution < -0.4 is 5.32 Å². The highest BCUT2D eigenvalue weighted by Crippen LogP contribution is 2.32. The normalized spacial score (nSPS) is 18.2. The van der Waals surface area contributed by atoms with Crippen LogP contribution in [0.1, 0.15) is 6.42 Å². The third-order valence-corrected chi connectivity index (χ3v) is 7.71. The third-order valence-electron chi connectivity index (χ3n) is 3.78. The van der Waals surface area contributed by atoms with Crippen molar-refractivity contribution in [2.24, 2.45) is 4.40 Å². The Morgan fingerprint density at radius 1 is 1.31 bits per heavy atom. The maximum atomic E-state index is 13.0. The van der Waals surface area contributed by atoms with Gasteiger partial charge in [0.05, 0.1) is 0 Å². The van der Waals surface area contributed by atoms with Gasteiger partial charge >= 0.3 is 0 Å². The van der Waals surface area contributed by atoms with Crippen LogP contribution in [0.15, 0.2) is 63.0 Å². The molecule has 1 fully saturated rings. The lowest BCUT2D eigenvalue weighted by atomic mass is 10.2. The van der Waals surface area contributed by atoms with E-state index >= 15 is 0 Å². The predicted molar refractivity (Wildman–Crippen MR) is 112 cm³/mol. The first-order valence-electron chi connectivity index (χ1n) is 8.33. The van der Waals surface area contributed by atoms with Crippen LogP contribution in [0.5, 0.6) is 0 Å². The van der Waals surface area contributed by atoms with Crippen molar-refractivity contribution in [2.45, 2.75) is 15.9 Å². The lowest BCUT2D eigenvalue weighted by Gasteiger charge is -2.13. The molecule has 0 spiro atoms. The molecule has 7 nitrogen and oxygen atoms in total. The van der Waals surface area contributed by atoms with E-state index in [-0.39, 0.29) is 22.3 Å². The summed E-state index contributed by atoms with van der Waals surface area (Å²) in [5.74, 6) is -1.31. The molecule has 2 heterocycles. The number of carbonyl (C=O) groups is 2. The summed E-state index contributed by atoms with van der Waals surface area (Å²) < 4.78 is 41.7. The number of carbonyl (C=O) groups excluding carboxylic acids is 2. The minimum Gasteiger partial charge on any atom is -0.326 e. The predicted octanol–water partition coefficient (Wildman–Crippen LogP) is 3.09. The Kier molecular flexibility index (Phi) is 6.50. The number of rotatable bonds is 7. The van der Waals surface area contributed by atoms with Gasteiger partial charge < -0.3 is 5.32 Å². The van der Waals surface area contributed by atoms with Crippen LogP contribution in [0.3, 0.4) is 0 Å². The molecule has 1 aromatic heterocycles. The molecule has 1 saturated heterocycles. The summed E-state index contributed by atoms with van der Waals surface area (Å²) in [6, 6.07) is 8.24. The van der Waals surface area contributed by atoms with Crippen molar-refractivity contribution in [3.63, 3.8) is 0 Å². The topological polar surface area (TPSA) is 95.9 Å². The van der Waals surface area contributed by atoms with Crippen molar-refractivity contribution in [3.05, 3.63) is 60.3 Å². The number of nitrogens with one attached hydrogen (secondary N) is 1. The van der Waals surface area contributed by atoms with E-state index in [0.717, 1.165) is 23.1 Å². The molecule has 1 atom stereocenters. The number of benzene rings is 1. The average Bonchev–Trinajstić information content (AvgIpc) is 3.29. The summed E-state index contributed by atoms with van der Waals surface area (Å²) in [7, 11) is -3.96. The molecular formula is C18H16FN3O4S3.